The molecule has 3 aliphatic rings. The predicted octanol–water partition coefficient (Wildman–Crippen LogP) is 2.10. The second-order valence-electron chi connectivity index (χ2n) is 7.49. The molecule has 1 saturated carbocycles. The summed E-state index contributed by atoms with van der Waals surface area (Å²) < 4.78 is 7.76. The van der Waals surface area contributed by atoms with E-state index in [0.717, 1.165) is 51.4 Å². The van der Waals surface area contributed by atoms with Gasteiger partial charge in [0.05, 0.1) is 12.7 Å². The number of aromatic nitrogens is 2. The molecule has 2 aliphatic heterocycles. The molecule has 6 heteroatoms. The van der Waals surface area contributed by atoms with Crippen molar-refractivity contribution in [3.63, 3.8) is 0 Å². The SMILES string of the molecule is CN1C[C@@]2(CCCN(Cc3cnn(C)c3C3CC3)CC2)OC1=O. The van der Waals surface area contributed by atoms with Crippen LogP contribution in [0.5, 0.6) is 0 Å². The Hall–Kier alpha value is -1.56. The molecule has 1 aromatic rings. The highest BCUT2D eigenvalue weighted by atomic mass is 16.6. The molecule has 6 nitrogen and oxygen atoms in total. The summed E-state index contributed by atoms with van der Waals surface area (Å²) in [7, 11) is 3.89. The number of carbonyl (C=O) groups is 1. The van der Waals surface area contributed by atoms with Gasteiger partial charge in [-0.15, -0.1) is 0 Å². The van der Waals surface area contributed by atoms with Crippen LogP contribution in [0.15, 0.2) is 6.20 Å². The molecule has 126 valence electrons. The van der Waals surface area contributed by atoms with Crippen molar-refractivity contribution in [2.24, 2.45) is 7.05 Å². The van der Waals surface area contributed by atoms with Crippen LogP contribution in [-0.2, 0) is 18.3 Å². The molecular formula is C17H26N4O2. The fourth-order valence-electron chi connectivity index (χ4n) is 4.17. The minimum Gasteiger partial charge on any atom is -0.441 e. The molecule has 1 amide bonds. The van der Waals surface area contributed by atoms with Gasteiger partial charge >= 0.3 is 6.09 Å². The number of rotatable bonds is 3. The molecule has 23 heavy (non-hydrogen) atoms. The van der Waals surface area contributed by atoms with Gasteiger partial charge in [-0.1, -0.05) is 0 Å². The van der Waals surface area contributed by atoms with Crippen molar-refractivity contribution in [3.05, 3.63) is 17.5 Å². The monoisotopic (exact) mass is 318 g/mol. The average Bonchev–Trinajstić information content (AvgIpc) is 3.24. The molecule has 4 rings (SSSR count). The lowest BCUT2D eigenvalue weighted by Gasteiger charge is -2.25. The highest BCUT2D eigenvalue weighted by Crippen LogP contribution is 2.42. The van der Waals surface area contributed by atoms with Crippen LogP contribution < -0.4 is 0 Å². The fraction of sp³-hybridized carbons (Fsp3) is 0.765. The number of carbonyl (C=O) groups excluding carboxylic acids is 1. The van der Waals surface area contributed by atoms with Gasteiger partial charge in [-0.25, -0.2) is 4.79 Å². The first kappa shape index (κ1) is 15.0. The van der Waals surface area contributed by atoms with E-state index in [9.17, 15) is 4.79 Å². The van der Waals surface area contributed by atoms with Crippen molar-refractivity contribution in [3.8, 4) is 0 Å². The number of amides is 1. The molecule has 1 aliphatic carbocycles. The summed E-state index contributed by atoms with van der Waals surface area (Å²) in [6.45, 7) is 3.77. The van der Waals surface area contributed by atoms with Gasteiger partial charge < -0.3 is 9.64 Å². The third kappa shape index (κ3) is 2.84. The topological polar surface area (TPSA) is 50.6 Å². The van der Waals surface area contributed by atoms with Crippen LogP contribution in [0.4, 0.5) is 4.79 Å². The van der Waals surface area contributed by atoms with Gasteiger partial charge in [0.1, 0.15) is 5.60 Å². The fourth-order valence-corrected chi connectivity index (χ4v) is 4.17. The van der Waals surface area contributed by atoms with Crippen LogP contribution in [-0.4, -0.2) is 58.0 Å². The number of hydrogen-bond acceptors (Lipinski definition) is 4. The molecule has 1 atom stereocenters. The number of aryl methyl sites for hydroxylation is 1. The zero-order chi connectivity index (χ0) is 16.0. The number of nitrogens with zero attached hydrogens (tertiary/aromatic N) is 4. The van der Waals surface area contributed by atoms with Crippen LogP contribution in [0, 0.1) is 0 Å². The van der Waals surface area contributed by atoms with Crippen molar-refractivity contribution in [2.45, 2.75) is 50.2 Å². The minimum atomic E-state index is -0.255. The van der Waals surface area contributed by atoms with Crippen molar-refractivity contribution in [2.75, 3.05) is 26.7 Å². The van der Waals surface area contributed by atoms with Gasteiger partial charge in [-0.3, -0.25) is 9.58 Å². The molecule has 2 saturated heterocycles. The molecule has 3 fully saturated rings. The number of likely N-dealkylation sites (N-methyl/N-ethyl adjacent to an activating group) is 1. The minimum absolute atomic E-state index is 0.165. The second kappa shape index (κ2) is 5.51. The zero-order valence-corrected chi connectivity index (χ0v) is 14.1. The maximum absolute atomic E-state index is 11.7. The second-order valence-corrected chi connectivity index (χ2v) is 7.49. The van der Waals surface area contributed by atoms with Crippen molar-refractivity contribution < 1.29 is 9.53 Å². The molecule has 3 heterocycles. The Morgan fingerprint density at radius 3 is 2.83 bits per heavy atom. The van der Waals surface area contributed by atoms with Crippen LogP contribution in [0.25, 0.3) is 0 Å². The highest BCUT2D eigenvalue weighted by Gasteiger charge is 2.44. The summed E-state index contributed by atoms with van der Waals surface area (Å²) in [5, 5.41) is 4.47. The van der Waals surface area contributed by atoms with E-state index in [-0.39, 0.29) is 11.7 Å². The standard InChI is InChI=1S/C17H26N4O2/c1-19-12-17(23-16(19)22)6-3-8-21(9-7-17)11-14-10-18-20(2)15(14)13-4-5-13/h10,13H,3-9,11-12H2,1-2H3/t17-/m0/s1. The number of likely N-dealkylation sites (tertiary alicyclic amines) is 1. The molecule has 0 N–H and O–H groups in total. The number of ether oxygens (including phenoxy) is 1. The van der Waals surface area contributed by atoms with E-state index in [1.54, 1.807) is 4.90 Å². The maximum Gasteiger partial charge on any atom is 0.410 e. The van der Waals surface area contributed by atoms with Crippen molar-refractivity contribution in [1.82, 2.24) is 19.6 Å². The van der Waals surface area contributed by atoms with Crippen LogP contribution in [0.2, 0.25) is 0 Å². The summed E-state index contributed by atoms with van der Waals surface area (Å²) in [5.74, 6) is 0.722. The van der Waals surface area contributed by atoms with Crippen molar-refractivity contribution in [1.29, 1.82) is 0 Å². The molecule has 0 radical (unpaired) electrons. The van der Waals surface area contributed by atoms with E-state index in [2.05, 4.69) is 21.7 Å². The largest absolute Gasteiger partial charge is 0.441 e. The lowest BCUT2D eigenvalue weighted by molar-refractivity contribution is 0.0443. The first-order valence-electron chi connectivity index (χ1n) is 8.74. The Kier molecular flexibility index (Phi) is 3.59. The Bertz CT molecular complexity index is 610. The Balaban J connectivity index is 1.43. The van der Waals surface area contributed by atoms with E-state index in [1.807, 2.05) is 13.2 Å². The third-order valence-corrected chi connectivity index (χ3v) is 5.55. The summed E-state index contributed by atoms with van der Waals surface area (Å²) in [5.41, 5.74) is 2.55. The van der Waals surface area contributed by atoms with Crippen LogP contribution >= 0.6 is 0 Å². The Morgan fingerprint density at radius 1 is 1.30 bits per heavy atom. The van der Waals surface area contributed by atoms with E-state index >= 15 is 0 Å². The van der Waals surface area contributed by atoms with Gasteiger partial charge in [0.2, 0.25) is 0 Å². The first-order chi connectivity index (χ1) is 11.1. The quantitative estimate of drug-likeness (QED) is 0.856. The lowest BCUT2D eigenvalue weighted by Crippen LogP contribution is -2.35. The van der Waals surface area contributed by atoms with E-state index in [4.69, 9.17) is 4.74 Å². The van der Waals surface area contributed by atoms with Gasteiger partial charge in [0.15, 0.2) is 0 Å². The summed E-state index contributed by atoms with van der Waals surface area (Å²) >= 11 is 0. The molecule has 1 spiro atoms. The summed E-state index contributed by atoms with van der Waals surface area (Å²) in [6.07, 6.45) is 7.47. The van der Waals surface area contributed by atoms with E-state index in [0.29, 0.717) is 0 Å². The normalized spacial score (nSPS) is 29.1. The van der Waals surface area contributed by atoms with Gasteiger partial charge in [0.25, 0.3) is 0 Å². The maximum atomic E-state index is 11.7. The molecule has 0 aromatic carbocycles. The van der Waals surface area contributed by atoms with Crippen molar-refractivity contribution >= 4 is 6.09 Å². The van der Waals surface area contributed by atoms with E-state index < -0.39 is 0 Å². The van der Waals surface area contributed by atoms with Crippen LogP contribution in [0.1, 0.15) is 49.3 Å². The van der Waals surface area contributed by atoms with Crippen LogP contribution in [0.3, 0.4) is 0 Å². The van der Waals surface area contributed by atoms with Gasteiger partial charge in [-0.2, -0.15) is 5.10 Å². The Morgan fingerprint density at radius 2 is 2.13 bits per heavy atom. The lowest BCUT2D eigenvalue weighted by atomic mass is 9.95. The van der Waals surface area contributed by atoms with E-state index in [1.165, 1.54) is 24.1 Å². The smallest absolute Gasteiger partial charge is 0.410 e. The predicted molar refractivity (Wildman–Crippen MR) is 86.2 cm³/mol. The zero-order valence-electron chi connectivity index (χ0n) is 14.1. The molecular weight excluding hydrogens is 292 g/mol. The van der Waals surface area contributed by atoms with Gasteiger partial charge in [-0.05, 0) is 32.2 Å². The van der Waals surface area contributed by atoms with Gasteiger partial charge in [0, 0.05) is 50.8 Å². The molecule has 0 unspecified atom stereocenters. The highest BCUT2D eigenvalue weighted by molar-refractivity contribution is 5.70. The summed E-state index contributed by atoms with van der Waals surface area (Å²) in [4.78, 5) is 16.0. The Labute approximate surface area is 137 Å². The number of hydrogen-bond donors (Lipinski definition) is 0. The molecule has 0 bridgehead atoms. The molecule has 1 aromatic heterocycles. The third-order valence-electron chi connectivity index (χ3n) is 5.55. The first-order valence-corrected chi connectivity index (χ1v) is 8.74. The summed E-state index contributed by atoms with van der Waals surface area (Å²) in [6, 6.07) is 0. The average molecular weight is 318 g/mol.